The zero-order valence-corrected chi connectivity index (χ0v) is 13.5. The first kappa shape index (κ1) is 15.8. The van der Waals surface area contributed by atoms with Crippen LogP contribution in [0, 0.1) is 29.6 Å². The lowest BCUT2D eigenvalue weighted by Gasteiger charge is -2.23. The zero-order valence-electron chi connectivity index (χ0n) is 13.5. The third kappa shape index (κ3) is 2.75. The lowest BCUT2D eigenvalue weighted by molar-refractivity contribution is 0.701. The van der Waals surface area contributed by atoms with Crippen molar-refractivity contribution in [3.05, 3.63) is 57.1 Å². The molecular weight excluding hydrogens is 302 g/mol. The summed E-state index contributed by atoms with van der Waals surface area (Å²) in [6.45, 7) is 3.01. The van der Waals surface area contributed by atoms with Crippen molar-refractivity contribution in [2.24, 2.45) is 0 Å². The van der Waals surface area contributed by atoms with Gasteiger partial charge in [-0.15, -0.1) is 0 Å². The topological polar surface area (TPSA) is 85.7 Å². The second-order valence-corrected chi connectivity index (χ2v) is 5.77. The van der Waals surface area contributed by atoms with E-state index in [0.717, 1.165) is 12.8 Å². The van der Waals surface area contributed by atoms with Crippen LogP contribution in [0.4, 0.5) is 5.82 Å². The van der Waals surface area contributed by atoms with E-state index in [1.54, 1.807) is 6.92 Å². The number of hydrogen-bond donors (Lipinski definition) is 0. The van der Waals surface area contributed by atoms with E-state index in [2.05, 4.69) is 17.1 Å². The molecule has 6 nitrogen and oxygen atoms in total. The predicted molar refractivity (Wildman–Crippen MR) is 89.6 cm³/mol. The fourth-order valence-corrected chi connectivity index (χ4v) is 3.11. The summed E-state index contributed by atoms with van der Waals surface area (Å²) < 4.78 is 1.24. The van der Waals surface area contributed by atoms with Crippen molar-refractivity contribution in [2.75, 3.05) is 18.0 Å². The van der Waals surface area contributed by atoms with Crippen LogP contribution in [0.5, 0.6) is 0 Å². The van der Waals surface area contributed by atoms with Gasteiger partial charge in [-0.2, -0.15) is 10.5 Å². The molecule has 0 unspecified atom stereocenters. The van der Waals surface area contributed by atoms with Crippen molar-refractivity contribution in [3.8, 4) is 12.1 Å². The van der Waals surface area contributed by atoms with Crippen molar-refractivity contribution in [1.82, 2.24) is 9.55 Å². The Kier molecular flexibility index (Phi) is 4.31. The number of benzene rings is 1. The third-order valence-corrected chi connectivity index (χ3v) is 4.40. The minimum atomic E-state index is -0.441. The van der Waals surface area contributed by atoms with Gasteiger partial charge in [0.25, 0.3) is 5.56 Å². The van der Waals surface area contributed by atoms with Gasteiger partial charge in [-0.25, -0.2) is 4.98 Å². The van der Waals surface area contributed by atoms with Crippen LogP contribution in [0.3, 0.4) is 0 Å². The number of aromatic nitrogens is 2. The van der Waals surface area contributed by atoms with Gasteiger partial charge in [0.2, 0.25) is 0 Å². The number of rotatable bonds is 2. The van der Waals surface area contributed by atoms with Crippen LogP contribution >= 0.6 is 0 Å². The van der Waals surface area contributed by atoms with E-state index in [9.17, 15) is 10.1 Å². The quantitative estimate of drug-likeness (QED) is 0.838. The van der Waals surface area contributed by atoms with Gasteiger partial charge in [0.15, 0.2) is 11.4 Å². The molecule has 3 rings (SSSR count). The second kappa shape index (κ2) is 6.55. The molecule has 2 aromatic rings. The van der Waals surface area contributed by atoms with Crippen molar-refractivity contribution < 1.29 is 0 Å². The third-order valence-electron chi connectivity index (χ3n) is 4.40. The molecule has 0 saturated heterocycles. The summed E-state index contributed by atoms with van der Waals surface area (Å²) in [4.78, 5) is 19.0. The second-order valence-electron chi connectivity index (χ2n) is 5.77. The highest BCUT2D eigenvalue weighted by molar-refractivity contribution is 5.54. The van der Waals surface area contributed by atoms with Gasteiger partial charge in [0.05, 0.1) is 6.07 Å². The van der Waals surface area contributed by atoms with Crippen LogP contribution in [-0.2, 0) is 19.4 Å². The largest absolute Gasteiger partial charge is 0.355 e. The van der Waals surface area contributed by atoms with Gasteiger partial charge < -0.3 is 4.90 Å². The van der Waals surface area contributed by atoms with E-state index in [1.807, 2.05) is 29.2 Å². The first-order valence-electron chi connectivity index (χ1n) is 7.86. The van der Waals surface area contributed by atoms with Crippen LogP contribution in [0.25, 0.3) is 0 Å². The Hall–Kier alpha value is -3.12. The molecular formula is C18H17N5O. The Bertz CT molecular complexity index is 889. The van der Waals surface area contributed by atoms with E-state index < -0.39 is 5.56 Å². The monoisotopic (exact) mass is 319 g/mol. The molecule has 120 valence electrons. The van der Waals surface area contributed by atoms with Crippen LogP contribution in [0.15, 0.2) is 29.1 Å². The van der Waals surface area contributed by atoms with Crippen molar-refractivity contribution in [2.45, 2.75) is 26.3 Å². The lowest BCUT2D eigenvalue weighted by Crippen LogP contribution is -2.34. The van der Waals surface area contributed by atoms with Gasteiger partial charge >= 0.3 is 0 Å². The molecule has 1 aliphatic heterocycles. The highest BCUT2D eigenvalue weighted by Crippen LogP contribution is 2.21. The molecule has 0 spiro atoms. The SMILES string of the molecule is Cc1nc(N2CCc3ccccc3CC2)c(C#N)c(=O)n1CC#N. The standard InChI is InChI=1S/C18H17N5O/c1-13-21-17(16(12-20)18(24)23(13)11-8-19)22-9-6-14-4-2-3-5-15(14)7-10-22/h2-5H,6-7,9-11H2,1H3. The van der Waals surface area contributed by atoms with E-state index in [4.69, 9.17) is 5.26 Å². The Morgan fingerprint density at radius 1 is 1.17 bits per heavy atom. The first-order chi connectivity index (χ1) is 11.7. The van der Waals surface area contributed by atoms with Gasteiger partial charge in [0.1, 0.15) is 18.4 Å². The highest BCUT2D eigenvalue weighted by atomic mass is 16.1. The molecule has 2 heterocycles. The zero-order chi connectivity index (χ0) is 17.1. The summed E-state index contributed by atoms with van der Waals surface area (Å²) in [6.07, 6.45) is 1.70. The van der Waals surface area contributed by atoms with Crippen molar-refractivity contribution in [1.29, 1.82) is 10.5 Å². The van der Waals surface area contributed by atoms with Crippen molar-refractivity contribution in [3.63, 3.8) is 0 Å². The minimum absolute atomic E-state index is 0.0156. The summed E-state index contributed by atoms with van der Waals surface area (Å²) in [5.74, 6) is 0.888. The molecule has 0 atom stereocenters. The Morgan fingerprint density at radius 2 is 1.79 bits per heavy atom. The highest BCUT2D eigenvalue weighted by Gasteiger charge is 2.22. The van der Waals surface area contributed by atoms with Gasteiger partial charge in [0, 0.05) is 13.1 Å². The van der Waals surface area contributed by atoms with Gasteiger partial charge in [-0.05, 0) is 30.9 Å². The number of anilines is 1. The Morgan fingerprint density at radius 3 is 2.33 bits per heavy atom. The maximum Gasteiger partial charge on any atom is 0.274 e. The number of fused-ring (bicyclic) bond motifs is 1. The van der Waals surface area contributed by atoms with E-state index >= 15 is 0 Å². The fraction of sp³-hybridized carbons (Fsp3) is 0.333. The molecule has 1 aliphatic rings. The van der Waals surface area contributed by atoms with E-state index in [0.29, 0.717) is 24.7 Å². The normalized spacial score (nSPS) is 13.5. The van der Waals surface area contributed by atoms with E-state index in [1.165, 1.54) is 15.7 Å². The number of nitrogens with zero attached hydrogens (tertiary/aromatic N) is 5. The number of hydrogen-bond acceptors (Lipinski definition) is 5. The van der Waals surface area contributed by atoms with Gasteiger partial charge in [-0.1, -0.05) is 24.3 Å². The van der Waals surface area contributed by atoms with Crippen LogP contribution in [0.2, 0.25) is 0 Å². The summed E-state index contributed by atoms with van der Waals surface area (Å²) in [5, 5.41) is 18.3. The predicted octanol–water partition coefficient (Wildman–Crippen LogP) is 1.55. The van der Waals surface area contributed by atoms with Crippen molar-refractivity contribution >= 4 is 5.82 Å². The Labute approximate surface area is 140 Å². The van der Waals surface area contributed by atoms with Crippen LogP contribution in [-0.4, -0.2) is 22.6 Å². The van der Waals surface area contributed by atoms with Crippen LogP contribution in [0.1, 0.15) is 22.5 Å². The Balaban J connectivity index is 2.01. The smallest absolute Gasteiger partial charge is 0.274 e. The molecule has 0 N–H and O–H groups in total. The molecule has 0 fully saturated rings. The van der Waals surface area contributed by atoms with Gasteiger partial charge in [-0.3, -0.25) is 9.36 Å². The molecule has 0 saturated carbocycles. The molecule has 1 aromatic carbocycles. The summed E-state index contributed by atoms with van der Waals surface area (Å²) in [7, 11) is 0. The maximum atomic E-state index is 12.5. The lowest BCUT2D eigenvalue weighted by atomic mass is 10.0. The number of nitriles is 2. The summed E-state index contributed by atoms with van der Waals surface area (Å²) in [5.41, 5.74) is 2.17. The average Bonchev–Trinajstić information content (AvgIpc) is 2.81. The molecule has 24 heavy (non-hydrogen) atoms. The summed E-state index contributed by atoms with van der Waals surface area (Å²) in [6, 6.07) is 12.2. The fourth-order valence-electron chi connectivity index (χ4n) is 3.11. The minimum Gasteiger partial charge on any atom is -0.355 e. The summed E-state index contributed by atoms with van der Waals surface area (Å²) >= 11 is 0. The van der Waals surface area contributed by atoms with Crippen LogP contribution < -0.4 is 10.5 Å². The molecule has 0 radical (unpaired) electrons. The first-order valence-corrected chi connectivity index (χ1v) is 7.86. The molecule has 6 heteroatoms. The number of aryl methyl sites for hydroxylation is 1. The molecule has 1 aromatic heterocycles. The average molecular weight is 319 g/mol. The maximum absolute atomic E-state index is 12.5. The molecule has 0 amide bonds. The molecule has 0 bridgehead atoms. The van der Waals surface area contributed by atoms with E-state index in [-0.39, 0.29) is 12.1 Å². The molecule has 0 aliphatic carbocycles.